The smallest absolute Gasteiger partial charge is 0.252 e. The Morgan fingerprint density at radius 2 is 1.85 bits per heavy atom. The van der Waals surface area contributed by atoms with E-state index in [1.54, 1.807) is 7.11 Å². The minimum atomic E-state index is -0.158. The van der Waals surface area contributed by atoms with Gasteiger partial charge < -0.3 is 14.0 Å². The summed E-state index contributed by atoms with van der Waals surface area (Å²) in [6, 6.07) is 13.5. The number of fused-ring (bicyclic) bond motifs is 1. The highest BCUT2D eigenvalue weighted by Gasteiger charge is 2.09. The van der Waals surface area contributed by atoms with E-state index in [9.17, 15) is 4.79 Å². The van der Waals surface area contributed by atoms with Crippen LogP contribution in [0.3, 0.4) is 0 Å². The van der Waals surface area contributed by atoms with Gasteiger partial charge in [0, 0.05) is 6.54 Å². The molecule has 0 saturated carbocycles. The van der Waals surface area contributed by atoms with E-state index in [4.69, 9.17) is 9.47 Å². The predicted molar refractivity (Wildman–Crippen MR) is 104 cm³/mol. The molecule has 3 aromatic rings. The van der Waals surface area contributed by atoms with Gasteiger partial charge in [-0.25, -0.2) is 0 Å². The zero-order valence-corrected chi connectivity index (χ0v) is 16.0. The number of aryl methyl sites for hydroxylation is 1. The van der Waals surface area contributed by atoms with Gasteiger partial charge in [-0.15, -0.1) is 0 Å². The zero-order chi connectivity index (χ0) is 18.5. The molecule has 0 fully saturated rings. The van der Waals surface area contributed by atoms with Crippen molar-refractivity contribution in [2.75, 3.05) is 13.7 Å². The summed E-state index contributed by atoms with van der Waals surface area (Å²) in [5.41, 5.74) is 1.99. The average molecular weight is 370 g/mol. The Morgan fingerprint density at radius 3 is 2.50 bits per heavy atom. The molecule has 136 valence electrons. The Labute approximate surface area is 156 Å². The Bertz CT molecular complexity index is 971. The number of nitrogens with zero attached hydrogens (tertiary/aromatic N) is 2. The highest BCUT2D eigenvalue weighted by atomic mass is 32.1. The Hall–Kier alpha value is -2.60. The number of thiazole rings is 1. The molecule has 0 unspecified atom stereocenters. The standard InChI is InChI=1S/C20H22N2O3S/c1-4-22-17-11-10-16(25-5-2)13-18(17)26-20(22)21-19(23)12-14-6-8-15(24-3)9-7-14/h6-11,13H,4-5,12H2,1-3H3. The summed E-state index contributed by atoms with van der Waals surface area (Å²) in [6.45, 7) is 5.39. The molecule has 0 atom stereocenters. The van der Waals surface area contributed by atoms with Crippen LogP contribution in [0.2, 0.25) is 0 Å². The molecule has 6 heteroatoms. The first-order valence-corrected chi connectivity index (χ1v) is 9.43. The summed E-state index contributed by atoms with van der Waals surface area (Å²) in [5.74, 6) is 1.45. The van der Waals surface area contributed by atoms with Crippen molar-refractivity contribution in [1.82, 2.24) is 4.57 Å². The van der Waals surface area contributed by atoms with Gasteiger partial charge in [0.25, 0.3) is 5.91 Å². The Balaban J connectivity index is 1.90. The number of hydrogen-bond acceptors (Lipinski definition) is 4. The fourth-order valence-corrected chi connectivity index (χ4v) is 3.90. The Kier molecular flexibility index (Phi) is 5.73. The number of hydrogen-bond donors (Lipinski definition) is 0. The van der Waals surface area contributed by atoms with E-state index < -0.39 is 0 Å². The maximum atomic E-state index is 12.4. The first kappa shape index (κ1) is 18.2. The van der Waals surface area contributed by atoms with Crippen LogP contribution in [0.15, 0.2) is 47.5 Å². The van der Waals surface area contributed by atoms with Crippen LogP contribution in [0.1, 0.15) is 19.4 Å². The minimum absolute atomic E-state index is 0.158. The molecule has 26 heavy (non-hydrogen) atoms. The van der Waals surface area contributed by atoms with Gasteiger partial charge in [0.05, 0.1) is 30.4 Å². The zero-order valence-electron chi connectivity index (χ0n) is 15.2. The van der Waals surface area contributed by atoms with Gasteiger partial charge in [-0.3, -0.25) is 4.79 Å². The van der Waals surface area contributed by atoms with E-state index in [-0.39, 0.29) is 12.3 Å². The molecule has 0 aliphatic rings. The molecule has 1 amide bonds. The molecule has 1 aromatic heterocycles. The first-order chi connectivity index (χ1) is 12.6. The van der Waals surface area contributed by atoms with Gasteiger partial charge in [0.15, 0.2) is 4.80 Å². The monoisotopic (exact) mass is 370 g/mol. The third-order valence-electron chi connectivity index (χ3n) is 4.02. The lowest BCUT2D eigenvalue weighted by molar-refractivity contribution is -0.117. The topological polar surface area (TPSA) is 52.8 Å². The van der Waals surface area contributed by atoms with Crippen molar-refractivity contribution in [1.29, 1.82) is 0 Å². The van der Waals surface area contributed by atoms with Crippen LogP contribution in [0.25, 0.3) is 10.2 Å². The number of aromatic nitrogens is 1. The number of rotatable bonds is 6. The van der Waals surface area contributed by atoms with Crippen LogP contribution in [0.4, 0.5) is 0 Å². The largest absolute Gasteiger partial charge is 0.497 e. The summed E-state index contributed by atoms with van der Waals surface area (Å²) in [6.07, 6.45) is 0.270. The summed E-state index contributed by atoms with van der Waals surface area (Å²) in [5, 5.41) is 0. The number of carbonyl (C=O) groups excluding carboxylic acids is 1. The number of methoxy groups -OCH3 is 1. The molecule has 0 bridgehead atoms. The fraction of sp³-hybridized carbons (Fsp3) is 0.300. The number of carbonyl (C=O) groups is 1. The quantitative estimate of drug-likeness (QED) is 0.663. The van der Waals surface area contributed by atoms with Gasteiger partial charge in [-0.1, -0.05) is 23.5 Å². The van der Waals surface area contributed by atoms with Gasteiger partial charge >= 0.3 is 0 Å². The van der Waals surface area contributed by atoms with Crippen LogP contribution >= 0.6 is 11.3 Å². The molecular weight excluding hydrogens is 348 g/mol. The minimum Gasteiger partial charge on any atom is -0.497 e. The lowest BCUT2D eigenvalue weighted by atomic mass is 10.1. The third kappa shape index (κ3) is 3.96. The second kappa shape index (κ2) is 8.19. The molecule has 0 spiro atoms. The molecule has 0 radical (unpaired) electrons. The van der Waals surface area contributed by atoms with Crippen molar-refractivity contribution in [3.05, 3.63) is 52.8 Å². The van der Waals surface area contributed by atoms with Crippen molar-refractivity contribution in [3.63, 3.8) is 0 Å². The molecule has 0 N–H and O–H groups in total. The van der Waals surface area contributed by atoms with Crippen molar-refractivity contribution in [3.8, 4) is 11.5 Å². The van der Waals surface area contributed by atoms with E-state index in [2.05, 4.69) is 16.5 Å². The third-order valence-corrected chi connectivity index (χ3v) is 5.06. The van der Waals surface area contributed by atoms with E-state index >= 15 is 0 Å². The van der Waals surface area contributed by atoms with Crippen LogP contribution in [-0.4, -0.2) is 24.2 Å². The molecular formula is C20H22N2O3S. The van der Waals surface area contributed by atoms with Gasteiger partial charge in [-0.05, 0) is 49.7 Å². The molecule has 2 aromatic carbocycles. The maximum Gasteiger partial charge on any atom is 0.252 e. The molecule has 3 rings (SSSR count). The van der Waals surface area contributed by atoms with E-state index in [1.165, 1.54) is 11.3 Å². The number of amides is 1. The first-order valence-electron chi connectivity index (χ1n) is 8.61. The van der Waals surface area contributed by atoms with Crippen molar-refractivity contribution in [2.45, 2.75) is 26.8 Å². The molecule has 1 heterocycles. The van der Waals surface area contributed by atoms with Gasteiger partial charge in [0.2, 0.25) is 0 Å². The Morgan fingerprint density at radius 1 is 1.12 bits per heavy atom. The summed E-state index contributed by atoms with van der Waals surface area (Å²) >= 11 is 1.51. The highest BCUT2D eigenvalue weighted by Crippen LogP contribution is 2.23. The lowest BCUT2D eigenvalue weighted by Gasteiger charge is -2.04. The van der Waals surface area contributed by atoms with Crippen LogP contribution < -0.4 is 14.3 Å². The fourth-order valence-electron chi connectivity index (χ4n) is 2.77. The average Bonchev–Trinajstić information content (AvgIpc) is 2.98. The van der Waals surface area contributed by atoms with E-state index in [0.717, 1.165) is 38.6 Å². The second-order valence-electron chi connectivity index (χ2n) is 5.72. The lowest BCUT2D eigenvalue weighted by Crippen LogP contribution is -2.16. The van der Waals surface area contributed by atoms with E-state index in [0.29, 0.717) is 6.61 Å². The number of benzene rings is 2. The highest BCUT2D eigenvalue weighted by molar-refractivity contribution is 7.16. The predicted octanol–water partition coefficient (Wildman–Crippen LogP) is 3.80. The van der Waals surface area contributed by atoms with E-state index in [1.807, 2.05) is 49.4 Å². The summed E-state index contributed by atoms with van der Waals surface area (Å²) < 4.78 is 13.8. The van der Waals surface area contributed by atoms with Crippen molar-refractivity contribution < 1.29 is 14.3 Å². The normalized spacial score (nSPS) is 11.7. The second-order valence-corrected chi connectivity index (χ2v) is 6.73. The SMILES string of the molecule is CCOc1ccc2c(c1)sc(=NC(=O)Cc1ccc(OC)cc1)n2CC. The molecule has 5 nitrogen and oxygen atoms in total. The molecule has 0 aliphatic heterocycles. The van der Waals surface area contributed by atoms with Crippen LogP contribution in [0.5, 0.6) is 11.5 Å². The number of ether oxygens (including phenoxy) is 2. The van der Waals surface area contributed by atoms with Gasteiger partial charge in [-0.2, -0.15) is 4.99 Å². The maximum absolute atomic E-state index is 12.4. The van der Waals surface area contributed by atoms with Crippen LogP contribution in [0, 0.1) is 0 Å². The summed E-state index contributed by atoms with van der Waals surface area (Å²) in [7, 11) is 1.62. The van der Waals surface area contributed by atoms with Crippen molar-refractivity contribution >= 4 is 27.5 Å². The van der Waals surface area contributed by atoms with Crippen molar-refractivity contribution in [2.24, 2.45) is 4.99 Å². The van der Waals surface area contributed by atoms with Crippen LogP contribution in [-0.2, 0) is 17.8 Å². The molecule has 0 aliphatic carbocycles. The summed E-state index contributed by atoms with van der Waals surface area (Å²) in [4.78, 5) is 17.5. The van der Waals surface area contributed by atoms with Gasteiger partial charge in [0.1, 0.15) is 11.5 Å². The molecule has 0 saturated heterocycles.